The zero-order chi connectivity index (χ0) is 27.5. The number of anilines is 2. The number of hydrogen-bond donors (Lipinski definition) is 2. The Labute approximate surface area is 236 Å². The number of halogens is 1. The SMILES string of the molecule is CCN(CC)c1ccc(-n2nc3cc(C)c(NC(=S)NC(=O)c4ccc(-c5ccc(Cl)cc5)o4)cc3n2)cc1. The molecule has 0 aliphatic heterocycles. The minimum absolute atomic E-state index is 0.145. The molecule has 8 nitrogen and oxygen atoms in total. The van der Waals surface area contributed by atoms with Crippen molar-refractivity contribution >= 4 is 57.2 Å². The average molecular weight is 559 g/mol. The number of aryl methyl sites for hydroxylation is 1. The lowest BCUT2D eigenvalue weighted by molar-refractivity contribution is 0.0951. The average Bonchev–Trinajstić information content (AvgIpc) is 3.58. The van der Waals surface area contributed by atoms with E-state index in [9.17, 15) is 4.79 Å². The summed E-state index contributed by atoms with van der Waals surface area (Å²) in [4.78, 5) is 16.6. The Kier molecular flexibility index (Phi) is 7.63. The van der Waals surface area contributed by atoms with Crippen LogP contribution in [0, 0.1) is 6.92 Å². The number of hydrogen-bond acceptors (Lipinski definition) is 6. The Bertz CT molecular complexity index is 1640. The van der Waals surface area contributed by atoms with Crippen molar-refractivity contribution in [3.63, 3.8) is 0 Å². The predicted molar refractivity (Wildman–Crippen MR) is 160 cm³/mol. The van der Waals surface area contributed by atoms with Crippen LogP contribution in [0.15, 0.2) is 77.2 Å². The molecule has 2 N–H and O–H groups in total. The van der Waals surface area contributed by atoms with E-state index in [0.29, 0.717) is 16.3 Å². The third kappa shape index (κ3) is 5.79. The summed E-state index contributed by atoms with van der Waals surface area (Å²) in [5.41, 5.74) is 5.93. The van der Waals surface area contributed by atoms with Gasteiger partial charge in [-0.05, 0) is 111 Å². The van der Waals surface area contributed by atoms with Gasteiger partial charge in [0.15, 0.2) is 10.9 Å². The second-order valence-electron chi connectivity index (χ2n) is 8.91. The lowest BCUT2D eigenvalue weighted by atomic mass is 10.2. The third-order valence-corrected chi connectivity index (χ3v) is 6.83. The van der Waals surface area contributed by atoms with Crippen LogP contribution in [0.5, 0.6) is 0 Å². The van der Waals surface area contributed by atoms with E-state index in [4.69, 9.17) is 28.2 Å². The minimum atomic E-state index is -0.453. The summed E-state index contributed by atoms with van der Waals surface area (Å²) >= 11 is 11.3. The first-order chi connectivity index (χ1) is 18.8. The molecule has 0 radical (unpaired) electrons. The van der Waals surface area contributed by atoms with Gasteiger partial charge in [-0.3, -0.25) is 10.1 Å². The van der Waals surface area contributed by atoms with Gasteiger partial charge in [-0.2, -0.15) is 4.80 Å². The van der Waals surface area contributed by atoms with Crippen LogP contribution in [0.4, 0.5) is 11.4 Å². The number of furan rings is 1. The first-order valence-corrected chi connectivity index (χ1v) is 13.3. The van der Waals surface area contributed by atoms with Crippen molar-refractivity contribution in [3.05, 3.63) is 89.1 Å². The monoisotopic (exact) mass is 558 g/mol. The number of aromatic nitrogens is 3. The Morgan fingerprint density at radius 2 is 1.64 bits per heavy atom. The molecular weight excluding hydrogens is 532 g/mol. The highest BCUT2D eigenvalue weighted by molar-refractivity contribution is 7.80. The summed E-state index contributed by atoms with van der Waals surface area (Å²) in [6.07, 6.45) is 0. The van der Waals surface area contributed by atoms with Gasteiger partial charge in [0.25, 0.3) is 5.91 Å². The van der Waals surface area contributed by atoms with Crippen molar-refractivity contribution in [3.8, 4) is 17.0 Å². The van der Waals surface area contributed by atoms with Crippen LogP contribution in [0.1, 0.15) is 30.0 Å². The molecule has 1 amide bonds. The standard InChI is InChI=1S/C29H27ClN6O2S/c1-4-35(5-2)21-10-12-22(13-11-21)36-33-24-16-18(3)23(17-25(24)34-36)31-29(39)32-28(37)27-15-14-26(38-27)19-6-8-20(30)9-7-19/h6-17H,4-5H2,1-3H3,(H2,31,32,37,39). The first kappa shape index (κ1) is 26.4. The normalized spacial score (nSPS) is 11.0. The number of benzene rings is 3. The fourth-order valence-corrected chi connectivity index (χ4v) is 4.58. The van der Waals surface area contributed by atoms with E-state index in [2.05, 4.69) is 51.7 Å². The summed E-state index contributed by atoms with van der Waals surface area (Å²) in [6.45, 7) is 8.11. The number of amides is 1. The van der Waals surface area contributed by atoms with E-state index in [1.807, 2.05) is 43.3 Å². The van der Waals surface area contributed by atoms with Gasteiger partial charge < -0.3 is 14.6 Å². The highest BCUT2D eigenvalue weighted by Crippen LogP contribution is 2.25. The van der Waals surface area contributed by atoms with E-state index < -0.39 is 5.91 Å². The zero-order valence-electron chi connectivity index (χ0n) is 21.7. The van der Waals surface area contributed by atoms with E-state index in [0.717, 1.165) is 46.8 Å². The van der Waals surface area contributed by atoms with Crippen LogP contribution in [0.3, 0.4) is 0 Å². The molecule has 0 spiro atoms. The number of nitrogens with one attached hydrogen (secondary N) is 2. The molecule has 39 heavy (non-hydrogen) atoms. The molecule has 0 fully saturated rings. The number of carbonyl (C=O) groups is 1. The number of carbonyl (C=O) groups excluding carboxylic acids is 1. The van der Waals surface area contributed by atoms with Crippen molar-refractivity contribution in [1.82, 2.24) is 20.3 Å². The minimum Gasteiger partial charge on any atom is -0.451 e. The fourth-order valence-electron chi connectivity index (χ4n) is 4.25. The van der Waals surface area contributed by atoms with E-state index in [1.165, 1.54) is 0 Å². The zero-order valence-corrected chi connectivity index (χ0v) is 23.3. The molecule has 0 atom stereocenters. The number of nitrogens with zero attached hydrogens (tertiary/aromatic N) is 4. The molecule has 198 valence electrons. The summed E-state index contributed by atoms with van der Waals surface area (Å²) in [5.74, 6) is 0.250. The van der Waals surface area contributed by atoms with Crippen molar-refractivity contribution in [2.75, 3.05) is 23.3 Å². The Hall–Kier alpha value is -4.21. The van der Waals surface area contributed by atoms with Gasteiger partial charge in [-0.1, -0.05) is 11.6 Å². The van der Waals surface area contributed by atoms with Gasteiger partial charge in [-0.25, -0.2) is 0 Å². The summed E-state index contributed by atoms with van der Waals surface area (Å²) < 4.78 is 5.72. The Morgan fingerprint density at radius 1 is 0.974 bits per heavy atom. The van der Waals surface area contributed by atoms with Crippen LogP contribution >= 0.6 is 23.8 Å². The molecular formula is C29H27ClN6O2S. The maximum absolute atomic E-state index is 12.7. The molecule has 0 saturated heterocycles. The number of fused-ring (bicyclic) bond motifs is 1. The van der Waals surface area contributed by atoms with Crippen molar-refractivity contribution in [2.24, 2.45) is 0 Å². The van der Waals surface area contributed by atoms with Gasteiger partial charge in [0, 0.05) is 35.1 Å². The Balaban J connectivity index is 1.28. The van der Waals surface area contributed by atoms with Gasteiger partial charge >= 0.3 is 0 Å². The maximum atomic E-state index is 12.7. The molecule has 10 heteroatoms. The predicted octanol–water partition coefficient (Wildman–Crippen LogP) is 6.62. The second kappa shape index (κ2) is 11.3. The summed E-state index contributed by atoms with van der Waals surface area (Å²) in [7, 11) is 0. The lowest BCUT2D eigenvalue weighted by Crippen LogP contribution is -2.34. The largest absolute Gasteiger partial charge is 0.451 e. The van der Waals surface area contributed by atoms with Crippen LogP contribution in [0.25, 0.3) is 28.0 Å². The number of rotatable bonds is 7. The van der Waals surface area contributed by atoms with E-state index >= 15 is 0 Å². The number of thiocarbonyl (C=S) groups is 1. The topological polar surface area (TPSA) is 88.2 Å². The van der Waals surface area contributed by atoms with Crippen molar-refractivity contribution in [2.45, 2.75) is 20.8 Å². The molecule has 5 rings (SSSR count). The molecule has 5 aromatic rings. The van der Waals surface area contributed by atoms with Gasteiger partial charge in [0.05, 0.1) is 5.69 Å². The van der Waals surface area contributed by atoms with Gasteiger partial charge in [0.2, 0.25) is 0 Å². The summed E-state index contributed by atoms with van der Waals surface area (Å²) in [6, 6.07) is 22.5. The second-order valence-corrected chi connectivity index (χ2v) is 9.76. The molecule has 0 aliphatic carbocycles. The molecule has 0 unspecified atom stereocenters. The smallest absolute Gasteiger partial charge is 0.293 e. The van der Waals surface area contributed by atoms with Gasteiger partial charge in [-0.15, -0.1) is 10.2 Å². The molecule has 0 bridgehead atoms. The van der Waals surface area contributed by atoms with E-state index in [-0.39, 0.29) is 10.9 Å². The van der Waals surface area contributed by atoms with Crippen LogP contribution in [0.2, 0.25) is 5.02 Å². The highest BCUT2D eigenvalue weighted by Gasteiger charge is 2.15. The molecule has 0 saturated carbocycles. The van der Waals surface area contributed by atoms with Crippen LogP contribution < -0.4 is 15.5 Å². The fraction of sp³-hybridized carbons (Fsp3) is 0.172. The molecule has 2 heterocycles. The molecule has 0 aliphatic rings. The van der Waals surface area contributed by atoms with Crippen molar-refractivity contribution in [1.29, 1.82) is 0 Å². The van der Waals surface area contributed by atoms with Crippen molar-refractivity contribution < 1.29 is 9.21 Å². The lowest BCUT2D eigenvalue weighted by Gasteiger charge is -2.20. The third-order valence-electron chi connectivity index (χ3n) is 6.37. The molecule has 3 aromatic carbocycles. The quantitative estimate of drug-likeness (QED) is 0.217. The first-order valence-electron chi connectivity index (χ1n) is 12.6. The molecule has 2 aromatic heterocycles. The highest BCUT2D eigenvalue weighted by atomic mass is 35.5. The van der Waals surface area contributed by atoms with Gasteiger partial charge in [0.1, 0.15) is 16.8 Å². The van der Waals surface area contributed by atoms with E-state index in [1.54, 1.807) is 29.1 Å². The maximum Gasteiger partial charge on any atom is 0.293 e. The Morgan fingerprint density at radius 3 is 2.31 bits per heavy atom. The summed E-state index contributed by atoms with van der Waals surface area (Å²) in [5, 5.41) is 15.8. The van der Waals surface area contributed by atoms with Crippen LogP contribution in [-0.2, 0) is 0 Å². The van der Waals surface area contributed by atoms with Crippen LogP contribution in [-0.4, -0.2) is 39.1 Å².